The van der Waals surface area contributed by atoms with Crippen LogP contribution in [0.1, 0.15) is 44.5 Å². The minimum absolute atomic E-state index is 0.924. The summed E-state index contributed by atoms with van der Waals surface area (Å²) < 4.78 is 0. The summed E-state index contributed by atoms with van der Waals surface area (Å²) in [6, 6.07) is 8.27. The van der Waals surface area contributed by atoms with Crippen LogP contribution in [0.4, 0.5) is 0 Å². The van der Waals surface area contributed by atoms with Crippen molar-refractivity contribution in [2.45, 2.75) is 40.5 Å². The molecule has 0 amide bonds. The monoisotopic (exact) mass is 368 g/mol. The predicted octanol–water partition coefficient (Wildman–Crippen LogP) is 6.22. The minimum atomic E-state index is 0.924. The Kier molecular flexibility index (Phi) is 6.54. The lowest BCUT2D eigenvalue weighted by Gasteiger charge is -2.17. The number of aromatic nitrogens is 2. The molecule has 2 heteroatoms. The van der Waals surface area contributed by atoms with Gasteiger partial charge in [0.15, 0.2) is 0 Å². The predicted molar refractivity (Wildman–Crippen MR) is 119 cm³/mol. The van der Waals surface area contributed by atoms with Crippen molar-refractivity contribution in [3.05, 3.63) is 106 Å². The Morgan fingerprint density at radius 2 is 0.893 bits per heavy atom. The molecular formula is C26H28N2. The molecule has 28 heavy (non-hydrogen) atoms. The summed E-state index contributed by atoms with van der Waals surface area (Å²) in [5.74, 6) is 0. The second-order valence-electron chi connectivity index (χ2n) is 7.25. The number of rotatable bonds is 6. The van der Waals surface area contributed by atoms with E-state index < -0.39 is 0 Å². The van der Waals surface area contributed by atoms with Crippen LogP contribution in [0.2, 0.25) is 0 Å². The fourth-order valence-electron chi connectivity index (χ4n) is 3.53. The van der Waals surface area contributed by atoms with Crippen LogP contribution in [0.15, 0.2) is 61.2 Å². The maximum atomic E-state index is 4.08. The highest BCUT2D eigenvalue weighted by molar-refractivity contribution is 5.70. The normalized spacial score (nSPS) is 11.6. The van der Waals surface area contributed by atoms with E-state index in [0.29, 0.717) is 0 Å². The second kappa shape index (κ2) is 9.27. The van der Waals surface area contributed by atoms with Crippen molar-refractivity contribution in [3.8, 4) is 0 Å². The summed E-state index contributed by atoms with van der Waals surface area (Å²) in [4.78, 5) is 8.17. The van der Waals surface area contributed by atoms with E-state index in [0.717, 1.165) is 12.8 Å². The molecule has 0 radical (unpaired) electrons. The van der Waals surface area contributed by atoms with Crippen LogP contribution in [0, 0.1) is 27.7 Å². The fourth-order valence-corrected chi connectivity index (χ4v) is 3.53. The molecule has 2 nitrogen and oxygen atoms in total. The lowest BCUT2D eigenvalue weighted by molar-refractivity contribution is 1.19. The highest BCUT2D eigenvalue weighted by atomic mass is 14.6. The average Bonchev–Trinajstić information content (AvgIpc) is 2.73. The third kappa shape index (κ3) is 4.64. The van der Waals surface area contributed by atoms with Gasteiger partial charge in [0.05, 0.1) is 0 Å². The zero-order valence-electron chi connectivity index (χ0n) is 17.2. The number of pyridine rings is 2. The standard InChI is InChI=1S/C26H28N2/c1-19-20(2)26(10-6-8-24-13-17-28-18-14-24)22(4)21(3)25(19)9-5-7-23-11-15-27-16-12-23/h5-6,9-18H,7-8H2,1-4H3. The quantitative estimate of drug-likeness (QED) is 0.516. The van der Waals surface area contributed by atoms with Gasteiger partial charge in [0.1, 0.15) is 0 Å². The van der Waals surface area contributed by atoms with Crippen molar-refractivity contribution >= 4 is 12.2 Å². The summed E-state index contributed by atoms with van der Waals surface area (Å²) in [7, 11) is 0. The smallest absolute Gasteiger partial charge is 0.0270 e. The number of hydrogen-bond acceptors (Lipinski definition) is 2. The molecule has 1 aromatic carbocycles. The molecule has 0 aliphatic heterocycles. The SMILES string of the molecule is Cc1c(C)c(C=CCc2ccncc2)c(C)c(C)c1C=CCc1ccncc1. The van der Waals surface area contributed by atoms with E-state index in [1.54, 1.807) is 0 Å². The van der Waals surface area contributed by atoms with Crippen molar-refractivity contribution in [2.75, 3.05) is 0 Å². The molecule has 3 rings (SSSR count). The van der Waals surface area contributed by atoms with Gasteiger partial charge in [0.2, 0.25) is 0 Å². The molecule has 0 aliphatic carbocycles. The first-order valence-electron chi connectivity index (χ1n) is 9.79. The summed E-state index contributed by atoms with van der Waals surface area (Å²) in [6.07, 6.45) is 18.3. The molecule has 142 valence electrons. The van der Waals surface area contributed by atoms with Gasteiger partial charge in [-0.1, -0.05) is 24.3 Å². The average molecular weight is 369 g/mol. The molecule has 0 saturated heterocycles. The molecule has 2 aromatic heterocycles. The minimum Gasteiger partial charge on any atom is -0.265 e. The van der Waals surface area contributed by atoms with Crippen LogP contribution in [0.5, 0.6) is 0 Å². The third-order valence-electron chi connectivity index (χ3n) is 5.52. The van der Waals surface area contributed by atoms with Crippen LogP contribution in [-0.2, 0) is 12.8 Å². The van der Waals surface area contributed by atoms with Gasteiger partial charge < -0.3 is 0 Å². The lowest BCUT2D eigenvalue weighted by Crippen LogP contribution is -1.99. The summed E-state index contributed by atoms with van der Waals surface area (Å²) in [5.41, 5.74) is 10.7. The molecular weight excluding hydrogens is 340 g/mol. The van der Waals surface area contributed by atoms with E-state index in [-0.39, 0.29) is 0 Å². The first-order valence-corrected chi connectivity index (χ1v) is 9.79. The molecule has 3 aromatic rings. The topological polar surface area (TPSA) is 25.8 Å². The van der Waals surface area contributed by atoms with Gasteiger partial charge >= 0.3 is 0 Å². The van der Waals surface area contributed by atoms with Gasteiger partial charge in [-0.05, 0) is 109 Å². The van der Waals surface area contributed by atoms with Gasteiger partial charge in [-0.3, -0.25) is 9.97 Å². The second-order valence-corrected chi connectivity index (χ2v) is 7.25. The summed E-state index contributed by atoms with van der Waals surface area (Å²) >= 11 is 0. The molecule has 0 N–H and O–H groups in total. The van der Waals surface area contributed by atoms with Crippen molar-refractivity contribution in [1.29, 1.82) is 0 Å². The fraction of sp³-hybridized carbons (Fsp3) is 0.231. The van der Waals surface area contributed by atoms with E-state index in [9.17, 15) is 0 Å². The number of allylic oxidation sites excluding steroid dienone is 2. The highest BCUT2D eigenvalue weighted by Crippen LogP contribution is 2.29. The Hall–Kier alpha value is -3.00. The van der Waals surface area contributed by atoms with E-state index in [1.165, 1.54) is 44.5 Å². The Labute approximate surface area is 168 Å². The Bertz CT molecular complexity index is 872. The molecule has 2 heterocycles. The first kappa shape index (κ1) is 19.8. The van der Waals surface area contributed by atoms with Crippen molar-refractivity contribution in [1.82, 2.24) is 9.97 Å². The molecule has 0 fully saturated rings. The van der Waals surface area contributed by atoms with E-state index in [2.05, 4.69) is 86.2 Å². The Morgan fingerprint density at radius 1 is 0.571 bits per heavy atom. The Morgan fingerprint density at radius 3 is 1.21 bits per heavy atom. The molecule has 0 unspecified atom stereocenters. The summed E-state index contributed by atoms with van der Waals surface area (Å²) in [6.45, 7) is 8.92. The lowest BCUT2D eigenvalue weighted by atomic mass is 9.88. The van der Waals surface area contributed by atoms with Crippen molar-refractivity contribution in [3.63, 3.8) is 0 Å². The van der Waals surface area contributed by atoms with Crippen LogP contribution in [0.3, 0.4) is 0 Å². The van der Waals surface area contributed by atoms with Gasteiger partial charge in [0, 0.05) is 24.8 Å². The zero-order valence-corrected chi connectivity index (χ0v) is 17.2. The molecule has 0 aliphatic rings. The van der Waals surface area contributed by atoms with E-state index in [4.69, 9.17) is 0 Å². The van der Waals surface area contributed by atoms with E-state index in [1.807, 2.05) is 24.8 Å². The maximum Gasteiger partial charge on any atom is 0.0270 e. The van der Waals surface area contributed by atoms with Crippen LogP contribution < -0.4 is 0 Å². The van der Waals surface area contributed by atoms with Crippen LogP contribution >= 0.6 is 0 Å². The number of hydrogen-bond donors (Lipinski definition) is 0. The number of nitrogens with zero attached hydrogens (tertiary/aromatic N) is 2. The zero-order chi connectivity index (χ0) is 19.9. The van der Waals surface area contributed by atoms with Gasteiger partial charge in [0.25, 0.3) is 0 Å². The van der Waals surface area contributed by atoms with Crippen molar-refractivity contribution < 1.29 is 0 Å². The van der Waals surface area contributed by atoms with Gasteiger partial charge in [-0.2, -0.15) is 0 Å². The molecule has 0 spiro atoms. The van der Waals surface area contributed by atoms with Gasteiger partial charge in [-0.15, -0.1) is 0 Å². The highest BCUT2D eigenvalue weighted by Gasteiger charge is 2.11. The first-order chi connectivity index (χ1) is 13.6. The third-order valence-corrected chi connectivity index (χ3v) is 5.52. The Balaban J connectivity index is 1.82. The van der Waals surface area contributed by atoms with Crippen molar-refractivity contribution in [2.24, 2.45) is 0 Å². The van der Waals surface area contributed by atoms with Crippen LogP contribution in [0.25, 0.3) is 12.2 Å². The molecule has 0 atom stereocenters. The largest absolute Gasteiger partial charge is 0.265 e. The maximum absolute atomic E-state index is 4.08. The van der Waals surface area contributed by atoms with Gasteiger partial charge in [-0.25, -0.2) is 0 Å². The van der Waals surface area contributed by atoms with E-state index >= 15 is 0 Å². The number of benzene rings is 1. The summed E-state index contributed by atoms with van der Waals surface area (Å²) in [5, 5.41) is 0. The molecule has 0 bridgehead atoms. The van der Waals surface area contributed by atoms with Crippen LogP contribution in [-0.4, -0.2) is 9.97 Å². The molecule has 0 saturated carbocycles.